The fraction of sp³-hybridized carbons (Fsp3) is 0.286. The molecule has 2 aromatic carbocycles. The Morgan fingerprint density at radius 3 is 2.93 bits per heavy atom. The molecule has 0 saturated heterocycles. The van der Waals surface area contributed by atoms with Crippen LogP contribution in [0.25, 0.3) is 5.69 Å². The molecule has 0 aliphatic carbocycles. The van der Waals surface area contributed by atoms with E-state index >= 15 is 0 Å². The number of benzene rings is 2. The average molecular weight is 376 g/mol. The van der Waals surface area contributed by atoms with Crippen LogP contribution in [-0.2, 0) is 19.4 Å². The summed E-state index contributed by atoms with van der Waals surface area (Å²) in [6.07, 6.45) is 3.65. The molecular weight excluding hydrogens is 352 g/mol. The van der Waals surface area contributed by atoms with E-state index in [1.54, 1.807) is 13.4 Å². The van der Waals surface area contributed by atoms with Gasteiger partial charge in [-0.05, 0) is 35.7 Å². The molecule has 4 rings (SSSR count). The number of fused-ring (bicyclic) bond motifs is 1. The number of hydrogen-bond donors (Lipinski definition) is 2. The van der Waals surface area contributed by atoms with Crippen LogP contribution >= 0.6 is 0 Å². The topological polar surface area (TPSA) is 76.4 Å². The van der Waals surface area contributed by atoms with E-state index in [0.29, 0.717) is 6.54 Å². The van der Waals surface area contributed by atoms with Crippen molar-refractivity contribution in [3.63, 3.8) is 0 Å². The smallest absolute Gasteiger partial charge is 0.191 e. The molecule has 144 valence electrons. The molecule has 0 radical (unpaired) electrons. The van der Waals surface area contributed by atoms with Crippen LogP contribution in [0.15, 0.2) is 59.9 Å². The molecule has 2 heterocycles. The average Bonchev–Trinajstić information content (AvgIpc) is 3.40. The Kier molecular flexibility index (Phi) is 5.51. The summed E-state index contributed by atoms with van der Waals surface area (Å²) in [7, 11) is 1.77. The molecule has 3 aromatic rings. The largest absolute Gasteiger partial charge is 0.493 e. The first-order valence-corrected chi connectivity index (χ1v) is 9.47. The maximum atomic E-state index is 5.56. The SMILES string of the molecule is CN=C(NCCc1ccc2c(c1)CCO2)NCc1nncn1-c1ccccc1. The molecule has 1 aliphatic heterocycles. The lowest BCUT2D eigenvalue weighted by Crippen LogP contribution is -2.38. The third-order valence-electron chi connectivity index (χ3n) is 4.75. The second-order valence-corrected chi connectivity index (χ2v) is 6.60. The molecule has 0 fully saturated rings. The first-order valence-electron chi connectivity index (χ1n) is 9.47. The summed E-state index contributed by atoms with van der Waals surface area (Å²) in [5, 5.41) is 14.9. The number of ether oxygens (including phenoxy) is 1. The Morgan fingerprint density at radius 2 is 2.07 bits per heavy atom. The number of aromatic nitrogens is 3. The van der Waals surface area contributed by atoms with Crippen LogP contribution in [-0.4, -0.2) is 40.9 Å². The van der Waals surface area contributed by atoms with Crippen molar-refractivity contribution in [2.75, 3.05) is 20.2 Å². The van der Waals surface area contributed by atoms with Crippen molar-refractivity contribution >= 4 is 5.96 Å². The van der Waals surface area contributed by atoms with Gasteiger partial charge in [0.15, 0.2) is 11.8 Å². The van der Waals surface area contributed by atoms with Crippen molar-refractivity contribution in [3.05, 3.63) is 71.8 Å². The number of rotatable bonds is 6. The van der Waals surface area contributed by atoms with E-state index in [0.717, 1.165) is 49.2 Å². The van der Waals surface area contributed by atoms with Gasteiger partial charge in [-0.1, -0.05) is 30.3 Å². The third kappa shape index (κ3) is 4.14. The standard InChI is InChI=1S/C21H24N6O/c1-22-21(23-11-9-16-7-8-19-17(13-16)10-12-28-19)24-14-20-26-25-15-27(20)18-5-3-2-4-6-18/h2-8,13,15H,9-12,14H2,1H3,(H2,22,23,24). The van der Waals surface area contributed by atoms with E-state index in [1.165, 1.54) is 11.1 Å². The molecule has 7 nitrogen and oxygen atoms in total. The van der Waals surface area contributed by atoms with Crippen LogP contribution < -0.4 is 15.4 Å². The molecule has 28 heavy (non-hydrogen) atoms. The maximum Gasteiger partial charge on any atom is 0.191 e. The number of aliphatic imine (C=N–C) groups is 1. The minimum absolute atomic E-state index is 0.532. The van der Waals surface area contributed by atoms with Gasteiger partial charge < -0.3 is 15.4 Å². The van der Waals surface area contributed by atoms with Crippen LogP contribution in [0.1, 0.15) is 17.0 Å². The highest BCUT2D eigenvalue weighted by Crippen LogP contribution is 2.25. The van der Waals surface area contributed by atoms with Crippen LogP contribution in [0.4, 0.5) is 0 Å². The maximum absolute atomic E-state index is 5.56. The molecule has 0 unspecified atom stereocenters. The summed E-state index contributed by atoms with van der Waals surface area (Å²) < 4.78 is 7.53. The quantitative estimate of drug-likeness (QED) is 0.509. The molecule has 1 aliphatic rings. The van der Waals surface area contributed by atoms with Crippen LogP contribution in [0.3, 0.4) is 0 Å². The number of nitrogens with zero attached hydrogens (tertiary/aromatic N) is 4. The highest BCUT2D eigenvalue weighted by Gasteiger charge is 2.12. The fourth-order valence-corrected chi connectivity index (χ4v) is 3.29. The lowest BCUT2D eigenvalue weighted by Gasteiger charge is -2.12. The van der Waals surface area contributed by atoms with Crippen molar-refractivity contribution in [2.45, 2.75) is 19.4 Å². The Bertz CT molecular complexity index is 951. The molecule has 1 aromatic heterocycles. The van der Waals surface area contributed by atoms with Crippen LogP contribution in [0, 0.1) is 0 Å². The lowest BCUT2D eigenvalue weighted by atomic mass is 10.1. The van der Waals surface area contributed by atoms with Gasteiger partial charge in [0.05, 0.1) is 13.2 Å². The third-order valence-corrected chi connectivity index (χ3v) is 4.75. The van der Waals surface area contributed by atoms with Gasteiger partial charge in [-0.25, -0.2) is 0 Å². The Balaban J connectivity index is 1.30. The van der Waals surface area contributed by atoms with E-state index < -0.39 is 0 Å². The Morgan fingerprint density at radius 1 is 1.18 bits per heavy atom. The van der Waals surface area contributed by atoms with Gasteiger partial charge >= 0.3 is 0 Å². The summed E-state index contributed by atoms with van der Waals surface area (Å²) in [6, 6.07) is 16.5. The zero-order chi connectivity index (χ0) is 19.2. The number of nitrogens with one attached hydrogen (secondary N) is 2. The van der Waals surface area contributed by atoms with Gasteiger partial charge in [-0.15, -0.1) is 10.2 Å². The van der Waals surface area contributed by atoms with E-state index in [-0.39, 0.29) is 0 Å². The highest BCUT2D eigenvalue weighted by molar-refractivity contribution is 5.79. The molecule has 0 atom stereocenters. The molecule has 0 bridgehead atoms. The van der Waals surface area contributed by atoms with Gasteiger partial charge in [0.1, 0.15) is 12.1 Å². The number of guanidine groups is 1. The first-order chi connectivity index (χ1) is 13.8. The fourth-order valence-electron chi connectivity index (χ4n) is 3.29. The van der Waals surface area contributed by atoms with Gasteiger partial charge in [0, 0.05) is 25.7 Å². The molecule has 0 spiro atoms. The molecule has 0 saturated carbocycles. The summed E-state index contributed by atoms with van der Waals surface area (Å²) >= 11 is 0. The predicted octanol–water partition coefficient (Wildman–Crippen LogP) is 2.11. The van der Waals surface area contributed by atoms with E-state index in [1.807, 2.05) is 34.9 Å². The number of para-hydroxylation sites is 1. The molecule has 0 amide bonds. The Hall–Kier alpha value is -3.35. The van der Waals surface area contributed by atoms with Crippen molar-refractivity contribution in [1.82, 2.24) is 25.4 Å². The summed E-state index contributed by atoms with van der Waals surface area (Å²) in [4.78, 5) is 4.30. The highest BCUT2D eigenvalue weighted by atomic mass is 16.5. The second-order valence-electron chi connectivity index (χ2n) is 6.60. The molecular formula is C21H24N6O. The Labute approximate surface area is 164 Å². The summed E-state index contributed by atoms with van der Waals surface area (Å²) in [5.74, 6) is 2.59. The van der Waals surface area contributed by atoms with Crippen LogP contribution in [0.5, 0.6) is 5.75 Å². The van der Waals surface area contributed by atoms with Gasteiger partial charge in [0.2, 0.25) is 0 Å². The molecule has 2 N–H and O–H groups in total. The monoisotopic (exact) mass is 376 g/mol. The summed E-state index contributed by atoms with van der Waals surface area (Å²) in [5.41, 5.74) is 3.64. The summed E-state index contributed by atoms with van der Waals surface area (Å²) in [6.45, 7) is 2.12. The normalized spacial score (nSPS) is 13.1. The predicted molar refractivity (Wildman–Crippen MR) is 109 cm³/mol. The number of hydrogen-bond acceptors (Lipinski definition) is 4. The van der Waals surface area contributed by atoms with Gasteiger partial charge in [0.25, 0.3) is 0 Å². The minimum Gasteiger partial charge on any atom is -0.493 e. The second kappa shape index (κ2) is 8.56. The van der Waals surface area contributed by atoms with Crippen molar-refractivity contribution in [1.29, 1.82) is 0 Å². The van der Waals surface area contributed by atoms with Gasteiger partial charge in [-0.3, -0.25) is 9.56 Å². The minimum atomic E-state index is 0.532. The van der Waals surface area contributed by atoms with E-state index in [9.17, 15) is 0 Å². The van der Waals surface area contributed by atoms with Crippen molar-refractivity contribution in [2.24, 2.45) is 4.99 Å². The lowest BCUT2D eigenvalue weighted by molar-refractivity contribution is 0.357. The van der Waals surface area contributed by atoms with E-state index in [2.05, 4.69) is 44.0 Å². The zero-order valence-electron chi connectivity index (χ0n) is 15.9. The van der Waals surface area contributed by atoms with Crippen molar-refractivity contribution in [3.8, 4) is 11.4 Å². The molecule has 7 heteroatoms. The van der Waals surface area contributed by atoms with Gasteiger partial charge in [-0.2, -0.15) is 0 Å². The van der Waals surface area contributed by atoms with Crippen LogP contribution in [0.2, 0.25) is 0 Å². The zero-order valence-corrected chi connectivity index (χ0v) is 15.9. The first kappa shape index (κ1) is 18.0. The van der Waals surface area contributed by atoms with Crippen molar-refractivity contribution < 1.29 is 4.74 Å². The van der Waals surface area contributed by atoms with E-state index in [4.69, 9.17) is 4.74 Å².